The number of ether oxygens (including phenoxy) is 1. The number of rotatable bonds is 4. The van der Waals surface area contributed by atoms with Gasteiger partial charge in [-0.05, 0) is 54.3 Å². The quantitative estimate of drug-likeness (QED) is 0.787. The summed E-state index contributed by atoms with van der Waals surface area (Å²) in [7, 11) is 0. The van der Waals surface area contributed by atoms with E-state index in [4.69, 9.17) is 4.74 Å². The first-order valence-electron chi connectivity index (χ1n) is 8.22. The molecular weight excluding hydrogens is 343 g/mol. The summed E-state index contributed by atoms with van der Waals surface area (Å²) >= 11 is 0. The van der Waals surface area contributed by atoms with Gasteiger partial charge in [0.1, 0.15) is 5.75 Å². The van der Waals surface area contributed by atoms with Gasteiger partial charge in [0.15, 0.2) is 6.10 Å². The van der Waals surface area contributed by atoms with Crippen molar-refractivity contribution in [1.29, 1.82) is 0 Å². The fourth-order valence-electron chi connectivity index (χ4n) is 2.28. The van der Waals surface area contributed by atoms with Crippen LogP contribution in [0.4, 0.5) is 18.9 Å². The average Bonchev–Trinajstić information content (AvgIpc) is 2.54. The Labute approximate surface area is 151 Å². The zero-order valence-electron chi connectivity index (χ0n) is 15.1. The summed E-state index contributed by atoms with van der Waals surface area (Å²) in [5, 5.41) is 2.54. The number of halogens is 3. The first-order chi connectivity index (χ1) is 12.0. The van der Waals surface area contributed by atoms with Crippen molar-refractivity contribution in [2.75, 3.05) is 5.32 Å². The molecule has 1 unspecified atom stereocenters. The van der Waals surface area contributed by atoms with Gasteiger partial charge in [0.05, 0.1) is 5.56 Å². The van der Waals surface area contributed by atoms with Gasteiger partial charge in [-0.25, -0.2) is 0 Å². The van der Waals surface area contributed by atoms with Gasteiger partial charge in [-0.3, -0.25) is 4.79 Å². The lowest BCUT2D eigenvalue weighted by molar-refractivity contribution is -0.137. The summed E-state index contributed by atoms with van der Waals surface area (Å²) in [5.74, 6) is 0.109. The highest BCUT2D eigenvalue weighted by atomic mass is 19.4. The summed E-state index contributed by atoms with van der Waals surface area (Å²) in [6.07, 6.45) is -5.20. The zero-order chi connectivity index (χ0) is 19.5. The molecule has 0 aromatic heterocycles. The van der Waals surface area contributed by atoms with Crippen molar-refractivity contribution >= 4 is 11.6 Å². The van der Waals surface area contributed by atoms with Crippen molar-refractivity contribution in [2.45, 2.75) is 45.4 Å². The Hall–Kier alpha value is -2.50. The Morgan fingerprint density at radius 3 is 1.88 bits per heavy atom. The van der Waals surface area contributed by atoms with Crippen LogP contribution in [0.25, 0.3) is 0 Å². The molecule has 1 N–H and O–H groups in total. The minimum absolute atomic E-state index is 0.0180. The van der Waals surface area contributed by atoms with E-state index >= 15 is 0 Å². The Balaban J connectivity index is 1.97. The van der Waals surface area contributed by atoms with E-state index in [1.54, 1.807) is 19.1 Å². The van der Waals surface area contributed by atoms with E-state index in [1.165, 1.54) is 12.1 Å². The molecular formula is C20H22F3NO2. The second-order valence-corrected chi connectivity index (χ2v) is 7.10. The van der Waals surface area contributed by atoms with E-state index in [-0.39, 0.29) is 11.1 Å². The summed E-state index contributed by atoms with van der Waals surface area (Å²) in [4.78, 5) is 12.2. The molecule has 2 aromatic carbocycles. The minimum Gasteiger partial charge on any atom is -0.481 e. The maximum atomic E-state index is 12.5. The third-order valence-corrected chi connectivity index (χ3v) is 3.88. The van der Waals surface area contributed by atoms with Crippen molar-refractivity contribution in [3.8, 4) is 5.75 Å². The number of carbonyl (C=O) groups excluding carboxylic acids is 1. The molecule has 0 aliphatic carbocycles. The second-order valence-electron chi connectivity index (χ2n) is 7.10. The molecule has 3 nitrogen and oxygen atoms in total. The number of alkyl halides is 3. The molecule has 2 rings (SSSR count). The maximum absolute atomic E-state index is 12.5. The van der Waals surface area contributed by atoms with Gasteiger partial charge < -0.3 is 10.1 Å². The Kier molecular flexibility index (Phi) is 5.64. The first-order valence-corrected chi connectivity index (χ1v) is 8.22. The van der Waals surface area contributed by atoms with E-state index in [0.29, 0.717) is 5.75 Å². The molecule has 2 aromatic rings. The van der Waals surface area contributed by atoms with Crippen molar-refractivity contribution in [3.05, 3.63) is 59.7 Å². The summed E-state index contributed by atoms with van der Waals surface area (Å²) in [6, 6.07) is 11.7. The Morgan fingerprint density at radius 1 is 0.923 bits per heavy atom. The highest BCUT2D eigenvalue weighted by molar-refractivity contribution is 5.94. The summed E-state index contributed by atoms with van der Waals surface area (Å²) in [6.45, 7) is 7.88. The molecule has 0 heterocycles. The molecule has 0 radical (unpaired) electrons. The normalized spacial score (nSPS) is 13.2. The van der Waals surface area contributed by atoms with E-state index < -0.39 is 23.8 Å². The molecule has 140 valence electrons. The van der Waals surface area contributed by atoms with Crippen LogP contribution in [-0.4, -0.2) is 12.0 Å². The van der Waals surface area contributed by atoms with E-state index in [0.717, 1.165) is 17.7 Å². The van der Waals surface area contributed by atoms with Crippen LogP contribution < -0.4 is 10.1 Å². The van der Waals surface area contributed by atoms with Crippen molar-refractivity contribution in [2.24, 2.45) is 0 Å². The third-order valence-electron chi connectivity index (χ3n) is 3.88. The van der Waals surface area contributed by atoms with Crippen LogP contribution in [0, 0.1) is 0 Å². The third kappa shape index (κ3) is 5.25. The number of amides is 1. The van der Waals surface area contributed by atoms with Gasteiger partial charge in [-0.2, -0.15) is 13.2 Å². The predicted octanol–water partition coefficient (Wildman–Crippen LogP) is 5.41. The molecule has 1 amide bonds. The van der Waals surface area contributed by atoms with Gasteiger partial charge in [0.25, 0.3) is 5.91 Å². The molecule has 1 atom stereocenters. The Morgan fingerprint density at radius 2 is 1.42 bits per heavy atom. The number of hydrogen-bond donors (Lipinski definition) is 1. The minimum atomic E-state index is -4.40. The first kappa shape index (κ1) is 19.8. The van der Waals surface area contributed by atoms with E-state index in [1.807, 2.05) is 12.1 Å². The Bertz CT molecular complexity index is 745. The number of nitrogens with one attached hydrogen (secondary N) is 1. The molecule has 0 saturated heterocycles. The number of hydrogen-bond acceptors (Lipinski definition) is 2. The lowest BCUT2D eigenvalue weighted by Gasteiger charge is -2.20. The van der Waals surface area contributed by atoms with Crippen LogP contribution in [0.1, 0.15) is 38.8 Å². The number of benzene rings is 2. The average molecular weight is 365 g/mol. The van der Waals surface area contributed by atoms with Crippen LogP contribution in [0.3, 0.4) is 0 Å². The fraction of sp³-hybridized carbons (Fsp3) is 0.350. The molecule has 0 saturated carbocycles. The van der Waals surface area contributed by atoms with Gasteiger partial charge in [0.2, 0.25) is 0 Å². The topological polar surface area (TPSA) is 38.3 Å². The largest absolute Gasteiger partial charge is 0.481 e. The van der Waals surface area contributed by atoms with E-state index in [9.17, 15) is 18.0 Å². The van der Waals surface area contributed by atoms with Crippen LogP contribution in [0.2, 0.25) is 0 Å². The molecule has 0 bridgehead atoms. The highest BCUT2D eigenvalue weighted by Crippen LogP contribution is 2.30. The molecule has 26 heavy (non-hydrogen) atoms. The van der Waals surface area contributed by atoms with Crippen LogP contribution >= 0.6 is 0 Å². The zero-order valence-corrected chi connectivity index (χ0v) is 15.1. The molecule has 0 aliphatic rings. The molecule has 0 aliphatic heterocycles. The lowest BCUT2D eigenvalue weighted by atomic mass is 9.87. The van der Waals surface area contributed by atoms with Gasteiger partial charge >= 0.3 is 6.18 Å². The number of carbonyl (C=O) groups is 1. The van der Waals surface area contributed by atoms with Crippen LogP contribution in [0.5, 0.6) is 5.75 Å². The second kappa shape index (κ2) is 7.40. The van der Waals surface area contributed by atoms with E-state index in [2.05, 4.69) is 26.1 Å². The van der Waals surface area contributed by atoms with Crippen LogP contribution in [-0.2, 0) is 16.4 Å². The summed E-state index contributed by atoms with van der Waals surface area (Å²) < 4.78 is 43.2. The van der Waals surface area contributed by atoms with Gasteiger partial charge in [0, 0.05) is 5.69 Å². The smallest absolute Gasteiger partial charge is 0.416 e. The van der Waals surface area contributed by atoms with Gasteiger partial charge in [-0.15, -0.1) is 0 Å². The highest BCUT2D eigenvalue weighted by Gasteiger charge is 2.30. The van der Waals surface area contributed by atoms with Gasteiger partial charge in [-0.1, -0.05) is 32.9 Å². The molecule has 0 fully saturated rings. The monoisotopic (exact) mass is 365 g/mol. The van der Waals surface area contributed by atoms with Crippen molar-refractivity contribution in [1.82, 2.24) is 0 Å². The molecule has 0 spiro atoms. The molecule has 6 heteroatoms. The van der Waals surface area contributed by atoms with Crippen molar-refractivity contribution in [3.63, 3.8) is 0 Å². The maximum Gasteiger partial charge on any atom is 0.416 e. The fourth-order valence-corrected chi connectivity index (χ4v) is 2.28. The summed E-state index contributed by atoms with van der Waals surface area (Å²) in [5.41, 5.74) is 0.677. The SMILES string of the molecule is CC(Oc1ccc(C(C)(C)C)cc1)C(=O)Nc1ccc(C(F)(F)F)cc1. The predicted molar refractivity (Wildman–Crippen MR) is 95.3 cm³/mol. The van der Waals surface area contributed by atoms with Crippen molar-refractivity contribution < 1.29 is 22.7 Å². The lowest BCUT2D eigenvalue weighted by Crippen LogP contribution is -2.30. The number of anilines is 1. The van der Waals surface area contributed by atoms with Crippen LogP contribution in [0.15, 0.2) is 48.5 Å². The standard InChI is InChI=1S/C20H22F3NO2/c1-13(26-17-11-7-14(8-12-17)19(2,3)4)18(25)24-16-9-5-15(6-10-16)20(21,22)23/h5-13H,1-4H3,(H,24,25).